The predicted octanol–water partition coefficient (Wildman–Crippen LogP) is 2.95. The number of rotatable bonds is 5. The van der Waals surface area contributed by atoms with Crippen LogP contribution < -0.4 is 0 Å². The van der Waals surface area contributed by atoms with Gasteiger partial charge < -0.3 is 4.74 Å². The minimum absolute atomic E-state index is 0.0164. The van der Waals surface area contributed by atoms with Gasteiger partial charge in [-0.05, 0) is 25.5 Å². The topological polar surface area (TPSA) is 26.3 Å². The second-order valence-corrected chi connectivity index (χ2v) is 3.62. The molecule has 2 nitrogen and oxygen atoms in total. The van der Waals surface area contributed by atoms with Gasteiger partial charge in [0.05, 0.1) is 12.5 Å². The quantitative estimate of drug-likeness (QED) is 0.570. The maximum atomic E-state index is 11.6. The fraction of sp³-hybridized carbons (Fsp3) is 0.417. The van der Waals surface area contributed by atoms with Crippen molar-refractivity contribution in [2.75, 3.05) is 12.5 Å². The molecule has 15 heavy (non-hydrogen) atoms. The molecule has 0 fully saturated rings. The number of benzene rings is 1. The molecule has 1 aromatic rings. The summed E-state index contributed by atoms with van der Waals surface area (Å²) >= 11 is 5.55. The molecule has 0 aromatic heterocycles. The first-order valence-corrected chi connectivity index (χ1v) is 5.49. The first-order valence-electron chi connectivity index (χ1n) is 4.95. The fourth-order valence-electron chi connectivity index (χ4n) is 1.36. The summed E-state index contributed by atoms with van der Waals surface area (Å²) in [6.07, 6.45) is 0. The van der Waals surface area contributed by atoms with Crippen LogP contribution in [-0.4, -0.2) is 18.3 Å². The minimum Gasteiger partial charge on any atom is -0.377 e. The second-order valence-electron chi connectivity index (χ2n) is 3.35. The molecule has 0 bridgehead atoms. The molecule has 0 radical (unpaired) electrons. The van der Waals surface area contributed by atoms with E-state index in [1.165, 1.54) is 0 Å². The van der Waals surface area contributed by atoms with E-state index in [9.17, 15) is 4.79 Å². The molecule has 0 spiro atoms. The Morgan fingerprint density at radius 1 is 1.47 bits per heavy atom. The highest BCUT2D eigenvalue weighted by Crippen LogP contribution is 2.14. The van der Waals surface area contributed by atoms with Crippen LogP contribution in [0.25, 0.3) is 0 Å². The number of halogens is 1. The van der Waals surface area contributed by atoms with Gasteiger partial charge in [-0.25, -0.2) is 0 Å². The molecular formula is C12H15ClO2. The van der Waals surface area contributed by atoms with Crippen LogP contribution in [0.4, 0.5) is 0 Å². The third kappa shape index (κ3) is 3.33. The summed E-state index contributed by atoms with van der Waals surface area (Å²) in [6, 6.07) is 5.75. The summed E-state index contributed by atoms with van der Waals surface area (Å²) in [7, 11) is 0. The van der Waals surface area contributed by atoms with E-state index in [1.54, 1.807) is 0 Å². The van der Waals surface area contributed by atoms with Crippen LogP contribution in [0.5, 0.6) is 0 Å². The van der Waals surface area contributed by atoms with Gasteiger partial charge in [-0.2, -0.15) is 0 Å². The van der Waals surface area contributed by atoms with Crippen LogP contribution in [0, 0.1) is 6.92 Å². The molecule has 0 saturated carbocycles. The number of carbonyl (C=O) groups is 1. The van der Waals surface area contributed by atoms with Crippen LogP contribution in [0.3, 0.4) is 0 Å². The number of alkyl halides is 1. The van der Waals surface area contributed by atoms with Gasteiger partial charge in [0.1, 0.15) is 0 Å². The van der Waals surface area contributed by atoms with Crippen molar-refractivity contribution in [3.8, 4) is 0 Å². The van der Waals surface area contributed by atoms with Crippen molar-refractivity contribution >= 4 is 17.4 Å². The van der Waals surface area contributed by atoms with Gasteiger partial charge in [0.15, 0.2) is 5.78 Å². The molecule has 0 atom stereocenters. The molecule has 0 unspecified atom stereocenters. The Morgan fingerprint density at radius 3 is 2.80 bits per heavy atom. The van der Waals surface area contributed by atoms with Gasteiger partial charge in [-0.3, -0.25) is 4.79 Å². The minimum atomic E-state index is -0.0462. The molecular weight excluding hydrogens is 212 g/mol. The predicted molar refractivity (Wildman–Crippen MR) is 61.6 cm³/mol. The number of hydrogen-bond donors (Lipinski definition) is 0. The largest absolute Gasteiger partial charge is 0.377 e. The lowest BCUT2D eigenvalue weighted by Gasteiger charge is -2.08. The Morgan fingerprint density at radius 2 is 2.20 bits per heavy atom. The first kappa shape index (κ1) is 12.2. The molecule has 82 valence electrons. The van der Waals surface area contributed by atoms with E-state index in [0.717, 1.165) is 11.1 Å². The third-order valence-electron chi connectivity index (χ3n) is 2.15. The molecule has 1 rings (SSSR count). The fourth-order valence-corrected chi connectivity index (χ4v) is 1.50. The smallest absolute Gasteiger partial charge is 0.177 e. The van der Waals surface area contributed by atoms with Gasteiger partial charge in [0.25, 0.3) is 0 Å². The second kappa shape index (κ2) is 5.89. The van der Waals surface area contributed by atoms with Gasteiger partial charge >= 0.3 is 0 Å². The monoisotopic (exact) mass is 226 g/mol. The number of aryl methyl sites for hydroxylation is 1. The van der Waals surface area contributed by atoms with Gasteiger partial charge in [0, 0.05) is 12.2 Å². The molecule has 0 heterocycles. The molecule has 3 heteroatoms. The number of ether oxygens (including phenoxy) is 1. The molecule has 0 amide bonds. The van der Waals surface area contributed by atoms with Crippen molar-refractivity contribution in [2.24, 2.45) is 0 Å². The van der Waals surface area contributed by atoms with Crippen molar-refractivity contribution in [1.82, 2.24) is 0 Å². The number of hydrogen-bond acceptors (Lipinski definition) is 2. The van der Waals surface area contributed by atoms with E-state index in [-0.39, 0.29) is 11.7 Å². The van der Waals surface area contributed by atoms with Crippen molar-refractivity contribution in [2.45, 2.75) is 20.5 Å². The maximum Gasteiger partial charge on any atom is 0.177 e. The highest BCUT2D eigenvalue weighted by molar-refractivity contribution is 6.30. The Bertz CT molecular complexity index is 347. The van der Waals surface area contributed by atoms with E-state index in [2.05, 4.69) is 0 Å². The molecule has 1 aromatic carbocycles. The van der Waals surface area contributed by atoms with E-state index >= 15 is 0 Å². The summed E-state index contributed by atoms with van der Waals surface area (Å²) < 4.78 is 5.30. The lowest BCUT2D eigenvalue weighted by Crippen LogP contribution is -2.07. The van der Waals surface area contributed by atoms with E-state index < -0.39 is 0 Å². The highest BCUT2D eigenvalue weighted by atomic mass is 35.5. The Labute approximate surface area is 95.2 Å². The summed E-state index contributed by atoms with van der Waals surface area (Å²) in [5.74, 6) is -0.0298. The van der Waals surface area contributed by atoms with E-state index in [0.29, 0.717) is 18.8 Å². The van der Waals surface area contributed by atoms with Crippen LogP contribution in [-0.2, 0) is 11.3 Å². The molecule has 0 aliphatic heterocycles. The van der Waals surface area contributed by atoms with Crippen molar-refractivity contribution in [3.05, 3.63) is 34.9 Å². The van der Waals surface area contributed by atoms with Crippen LogP contribution >= 0.6 is 11.6 Å². The average molecular weight is 227 g/mol. The Hall–Kier alpha value is -0.860. The van der Waals surface area contributed by atoms with Crippen LogP contribution in [0.2, 0.25) is 0 Å². The molecule has 0 aliphatic rings. The van der Waals surface area contributed by atoms with Crippen LogP contribution in [0.1, 0.15) is 28.4 Å². The lowest BCUT2D eigenvalue weighted by atomic mass is 10.0. The first-order chi connectivity index (χ1) is 7.19. The average Bonchev–Trinajstić information content (AvgIpc) is 2.26. The zero-order valence-electron chi connectivity index (χ0n) is 9.05. The van der Waals surface area contributed by atoms with E-state index in [1.807, 2.05) is 32.0 Å². The standard InChI is InChI=1S/C12H15ClO2/c1-3-15-8-10-5-4-9(2)6-11(10)12(14)7-13/h4-6H,3,7-8H2,1-2H3. The Kier molecular flexibility index (Phi) is 4.79. The summed E-state index contributed by atoms with van der Waals surface area (Å²) in [4.78, 5) is 11.6. The SMILES string of the molecule is CCOCc1ccc(C)cc1C(=O)CCl. The highest BCUT2D eigenvalue weighted by Gasteiger charge is 2.10. The zero-order valence-corrected chi connectivity index (χ0v) is 9.80. The van der Waals surface area contributed by atoms with Crippen LogP contribution in [0.15, 0.2) is 18.2 Å². The molecule has 0 aliphatic carbocycles. The molecule has 0 saturated heterocycles. The molecule has 0 N–H and O–H groups in total. The number of carbonyl (C=O) groups excluding carboxylic acids is 1. The van der Waals surface area contributed by atoms with Gasteiger partial charge in [-0.1, -0.05) is 17.7 Å². The third-order valence-corrected chi connectivity index (χ3v) is 2.39. The van der Waals surface area contributed by atoms with Crippen molar-refractivity contribution in [1.29, 1.82) is 0 Å². The summed E-state index contributed by atoms with van der Waals surface area (Å²) in [6.45, 7) is 4.99. The normalized spacial score (nSPS) is 10.3. The van der Waals surface area contributed by atoms with Gasteiger partial charge in [-0.15, -0.1) is 11.6 Å². The number of Topliss-reactive ketones (excluding diaryl/α,β-unsaturated/α-hetero) is 1. The zero-order chi connectivity index (χ0) is 11.3. The van der Waals surface area contributed by atoms with Crippen molar-refractivity contribution in [3.63, 3.8) is 0 Å². The van der Waals surface area contributed by atoms with Crippen molar-refractivity contribution < 1.29 is 9.53 Å². The lowest BCUT2D eigenvalue weighted by molar-refractivity contribution is 0.101. The summed E-state index contributed by atoms with van der Waals surface area (Å²) in [5.41, 5.74) is 2.65. The van der Waals surface area contributed by atoms with Gasteiger partial charge in [0.2, 0.25) is 0 Å². The maximum absolute atomic E-state index is 11.6. The summed E-state index contributed by atoms with van der Waals surface area (Å²) in [5, 5.41) is 0. The Balaban J connectivity index is 2.97. The number of ketones is 1. The van der Waals surface area contributed by atoms with E-state index in [4.69, 9.17) is 16.3 Å².